The third-order valence-corrected chi connectivity index (χ3v) is 4.99. The molecule has 0 aromatic carbocycles. The van der Waals surface area contributed by atoms with E-state index in [2.05, 4.69) is 21.2 Å². The largest absolute Gasteiger partial charge is 0.454 e. The Morgan fingerprint density at radius 3 is 3.06 bits per heavy atom. The van der Waals surface area contributed by atoms with Gasteiger partial charge in [-0.3, -0.25) is 0 Å². The van der Waals surface area contributed by atoms with E-state index in [0.29, 0.717) is 12.0 Å². The van der Waals surface area contributed by atoms with Crippen molar-refractivity contribution < 1.29 is 9.52 Å². The fourth-order valence-corrected chi connectivity index (χ4v) is 3.98. The minimum Gasteiger partial charge on any atom is -0.454 e. The normalized spacial score (nSPS) is 36.3. The van der Waals surface area contributed by atoms with E-state index < -0.39 is 5.60 Å². The Morgan fingerprint density at radius 2 is 2.28 bits per heavy atom. The van der Waals surface area contributed by atoms with Gasteiger partial charge in [-0.25, -0.2) is 0 Å². The number of hydrogen-bond acceptors (Lipinski definition) is 3. The summed E-state index contributed by atoms with van der Waals surface area (Å²) in [6.45, 7) is 0.916. The van der Waals surface area contributed by atoms with Crippen LogP contribution in [0.5, 0.6) is 0 Å². The highest BCUT2D eigenvalue weighted by Crippen LogP contribution is 2.41. The van der Waals surface area contributed by atoms with Crippen molar-refractivity contribution in [2.45, 2.75) is 50.2 Å². The first-order valence-electron chi connectivity index (χ1n) is 6.87. The highest BCUT2D eigenvalue weighted by atomic mass is 79.9. The Bertz CT molecular complexity index is 416. The zero-order valence-electron chi connectivity index (χ0n) is 10.5. The number of rotatable bonds is 2. The van der Waals surface area contributed by atoms with Crippen LogP contribution in [-0.2, 0) is 6.42 Å². The van der Waals surface area contributed by atoms with Gasteiger partial charge in [-0.2, -0.15) is 0 Å². The molecule has 2 N–H and O–H groups in total. The lowest BCUT2D eigenvalue weighted by atomic mass is 9.67. The van der Waals surface area contributed by atoms with Gasteiger partial charge in [-0.1, -0.05) is 12.8 Å². The molecule has 1 saturated carbocycles. The quantitative estimate of drug-likeness (QED) is 0.882. The third kappa shape index (κ3) is 2.38. The minimum atomic E-state index is -0.433. The van der Waals surface area contributed by atoms with Crippen LogP contribution in [0.3, 0.4) is 0 Å². The van der Waals surface area contributed by atoms with Crippen LogP contribution in [0.15, 0.2) is 21.2 Å². The first-order chi connectivity index (χ1) is 8.67. The summed E-state index contributed by atoms with van der Waals surface area (Å²) in [7, 11) is 0. The first kappa shape index (κ1) is 12.7. The number of furan rings is 1. The molecule has 0 radical (unpaired) electrons. The van der Waals surface area contributed by atoms with E-state index in [4.69, 9.17) is 4.42 Å². The van der Waals surface area contributed by atoms with Crippen molar-refractivity contribution in [3.63, 3.8) is 0 Å². The van der Waals surface area contributed by atoms with Crippen LogP contribution in [0.1, 0.15) is 37.9 Å². The Labute approximate surface area is 116 Å². The summed E-state index contributed by atoms with van der Waals surface area (Å²) in [5.74, 6) is 1.37. The molecule has 1 aliphatic heterocycles. The van der Waals surface area contributed by atoms with Crippen molar-refractivity contribution in [3.8, 4) is 0 Å². The molecule has 0 bridgehead atoms. The molecular formula is C14H20BrNO2. The van der Waals surface area contributed by atoms with Crippen molar-refractivity contribution in [3.05, 3.63) is 22.6 Å². The number of halogens is 1. The van der Waals surface area contributed by atoms with Crippen molar-refractivity contribution in [2.75, 3.05) is 6.54 Å². The Balaban J connectivity index is 1.74. The predicted molar refractivity (Wildman–Crippen MR) is 73.4 cm³/mol. The average Bonchev–Trinajstić information content (AvgIpc) is 2.74. The average molecular weight is 314 g/mol. The SMILES string of the molecule is OC12CCCCC1C(Cc1ccc(Br)o1)NCC2. The highest BCUT2D eigenvalue weighted by molar-refractivity contribution is 9.10. The number of aliphatic hydroxyl groups is 1. The molecule has 3 atom stereocenters. The van der Waals surface area contributed by atoms with Crippen LogP contribution >= 0.6 is 15.9 Å². The van der Waals surface area contributed by atoms with Gasteiger partial charge in [0.2, 0.25) is 0 Å². The van der Waals surface area contributed by atoms with Gasteiger partial charge in [0.25, 0.3) is 0 Å². The molecule has 100 valence electrons. The molecule has 1 aromatic rings. The third-order valence-electron chi connectivity index (χ3n) is 4.57. The van der Waals surface area contributed by atoms with E-state index in [1.54, 1.807) is 0 Å². The molecule has 1 saturated heterocycles. The van der Waals surface area contributed by atoms with Crippen molar-refractivity contribution in [2.24, 2.45) is 5.92 Å². The molecule has 3 nitrogen and oxygen atoms in total. The first-order valence-corrected chi connectivity index (χ1v) is 7.67. The lowest BCUT2D eigenvalue weighted by Crippen LogP contribution is -2.58. The smallest absolute Gasteiger partial charge is 0.169 e. The fraction of sp³-hybridized carbons (Fsp3) is 0.714. The van der Waals surface area contributed by atoms with Crippen molar-refractivity contribution in [1.29, 1.82) is 0 Å². The molecule has 4 heteroatoms. The zero-order valence-corrected chi connectivity index (χ0v) is 12.1. The maximum atomic E-state index is 10.8. The Hall–Kier alpha value is -0.320. The molecule has 2 fully saturated rings. The summed E-state index contributed by atoms with van der Waals surface area (Å²) in [5, 5.41) is 14.3. The monoisotopic (exact) mass is 313 g/mol. The summed E-state index contributed by atoms with van der Waals surface area (Å²) in [4.78, 5) is 0. The molecule has 3 unspecified atom stereocenters. The predicted octanol–water partition coefficient (Wildman–Crippen LogP) is 2.87. The topological polar surface area (TPSA) is 45.4 Å². The second-order valence-electron chi connectivity index (χ2n) is 5.68. The van der Waals surface area contributed by atoms with Crippen LogP contribution in [0.25, 0.3) is 0 Å². The van der Waals surface area contributed by atoms with Gasteiger partial charge in [0.15, 0.2) is 4.67 Å². The summed E-state index contributed by atoms with van der Waals surface area (Å²) in [5.41, 5.74) is -0.433. The standard InChI is InChI=1S/C14H20BrNO2/c15-13-5-4-10(18-13)9-12-11-3-1-2-6-14(11,17)7-8-16-12/h4-5,11-12,16-17H,1-3,6-9H2. The van der Waals surface area contributed by atoms with Gasteiger partial charge >= 0.3 is 0 Å². The number of fused-ring (bicyclic) bond motifs is 1. The summed E-state index contributed by atoms with van der Waals surface area (Å²) in [6, 6.07) is 4.30. The van der Waals surface area contributed by atoms with E-state index in [-0.39, 0.29) is 0 Å². The van der Waals surface area contributed by atoms with Crippen LogP contribution in [0.4, 0.5) is 0 Å². The van der Waals surface area contributed by atoms with Crippen LogP contribution in [0, 0.1) is 5.92 Å². The lowest BCUT2D eigenvalue weighted by molar-refractivity contribution is -0.0855. The molecule has 3 rings (SSSR count). The van der Waals surface area contributed by atoms with Gasteiger partial charge in [0.05, 0.1) is 5.60 Å². The van der Waals surface area contributed by atoms with Gasteiger partial charge in [-0.15, -0.1) is 0 Å². The lowest BCUT2D eigenvalue weighted by Gasteiger charge is -2.48. The number of piperidine rings is 1. The fourth-order valence-electron chi connectivity index (χ4n) is 3.64. The zero-order chi connectivity index (χ0) is 12.6. The Morgan fingerprint density at radius 1 is 1.39 bits per heavy atom. The molecule has 0 spiro atoms. The molecule has 0 amide bonds. The van der Waals surface area contributed by atoms with Gasteiger partial charge in [0, 0.05) is 18.4 Å². The van der Waals surface area contributed by atoms with E-state index in [0.717, 1.165) is 42.7 Å². The second kappa shape index (κ2) is 4.99. The number of nitrogens with one attached hydrogen (secondary N) is 1. The van der Waals surface area contributed by atoms with Crippen molar-refractivity contribution in [1.82, 2.24) is 5.32 Å². The summed E-state index contributed by atoms with van der Waals surface area (Å²) in [6.07, 6.45) is 6.29. The molecule has 2 heterocycles. The van der Waals surface area contributed by atoms with Crippen LogP contribution < -0.4 is 5.32 Å². The van der Waals surface area contributed by atoms with Gasteiger partial charge in [0.1, 0.15) is 5.76 Å². The van der Waals surface area contributed by atoms with E-state index in [9.17, 15) is 5.11 Å². The summed E-state index contributed by atoms with van der Waals surface area (Å²) < 4.78 is 6.38. The van der Waals surface area contributed by atoms with Gasteiger partial charge in [-0.05, 0) is 53.9 Å². The Kier molecular flexibility index (Phi) is 3.52. The molecule has 2 aliphatic rings. The second-order valence-corrected chi connectivity index (χ2v) is 6.46. The van der Waals surface area contributed by atoms with Crippen LogP contribution in [-0.4, -0.2) is 23.3 Å². The molecule has 18 heavy (non-hydrogen) atoms. The van der Waals surface area contributed by atoms with E-state index in [1.165, 1.54) is 12.8 Å². The molecular weight excluding hydrogens is 294 g/mol. The minimum absolute atomic E-state index is 0.349. The van der Waals surface area contributed by atoms with Crippen molar-refractivity contribution >= 4 is 15.9 Å². The maximum absolute atomic E-state index is 10.8. The van der Waals surface area contributed by atoms with Gasteiger partial charge < -0.3 is 14.8 Å². The van der Waals surface area contributed by atoms with E-state index >= 15 is 0 Å². The van der Waals surface area contributed by atoms with Crippen LogP contribution in [0.2, 0.25) is 0 Å². The highest BCUT2D eigenvalue weighted by Gasteiger charge is 2.45. The maximum Gasteiger partial charge on any atom is 0.169 e. The van der Waals surface area contributed by atoms with E-state index in [1.807, 2.05) is 12.1 Å². The number of hydrogen-bond donors (Lipinski definition) is 2. The molecule has 1 aliphatic carbocycles. The molecule has 1 aromatic heterocycles. The summed E-state index contributed by atoms with van der Waals surface area (Å²) >= 11 is 3.34.